The summed E-state index contributed by atoms with van der Waals surface area (Å²) < 4.78 is 2.28. The first kappa shape index (κ1) is 11.2. The molecule has 1 aliphatic carbocycles. The Morgan fingerprint density at radius 2 is 2.25 bits per heavy atom. The van der Waals surface area contributed by atoms with Crippen molar-refractivity contribution in [1.82, 2.24) is 9.55 Å². The lowest BCUT2D eigenvalue weighted by atomic mass is 10.0. The van der Waals surface area contributed by atoms with Crippen molar-refractivity contribution in [1.29, 1.82) is 0 Å². The number of rotatable bonds is 2. The highest BCUT2D eigenvalue weighted by Crippen LogP contribution is 2.24. The third-order valence-corrected chi connectivity index (χ3v) is 3.20. The zero-order valence-electron chi connectivity index (χ0n) is 10.4. The first-order valence-electron chi connectivity index (χ1n) is 6.11. The van der Waals surface area contributed by atoms with Crippen molar-refractivity contribution in [3.05, 3.63) is 41.5 Å². The second-order valence-electron chi connectivity index (χ2n) is 4.47. The van der Waals surface area contributed by atoms with Crippen molar-refractivity contribution in [2.24, 2.45) is 7.05 Å². The third-order valence-electron chi connectivity index (χ3n) is 3.20. The van der Waals surface area contributed by atoms with E-state index in [0.29, 0.717) is 5.92 Å². The number of imidazole rings is 1. The van der Waals surface area contributed by atoms with Crippen LogP contribution >= 0.6 is 0 Å². The minimum Gasteiger partial charge on any atom is -0.335 e. The molecule has 0 fully saturated rings. The average Bonchev–Trinajstić information content (AvgIpc) is 2.54. The van der Waals surface area contributed by atoms with Crippen LogP contribution in [0.3, 0.4) is 0 Å². The van der Waals surface area contributed by atoms with Gasteiger partial charge in [0.25, 0.3) is 0 Å². The van der Waals surface area contributed by atoms with Crippen molar-refractivity contribution in [2.45, 2.75) is 39.0 Å². The topological polar surface area (TPSA) is 17.8 Å². The van der Waals surface area contributed by atoms with Crippen LogP contribution in [-0.2, 0) is 19.9 Å². The second-order valence-corrected chi connectivity index (χ2v) is 4.47. The Balaban J connectivity index is 2.45. The highest BCUT2D eigenvalue weighted by Gasteiger charge is 2.17. The van der Waals surface area contributed by atoms with E-state index in [2.05, 4.69) is 49.8 Å². The van der Waals surface area contributed by atoms with Gasteiger partial charge in [0.2, 0.25) is 0 Å². The van der Waals surface area contributed by atoms with Gasteiger partial charge in [-0.2, -0.15) is 0 Å². The monoisotopic (exact) mass is 216 g/mol. The summed E-state index contributed by atoms with van der Waals surface area (Å²) in [6.07, 6.45) is 11.9. The molecule has 0 bridgehead atoms. The number of hydrogen-bond acceptors (Lipinski definition) is 1. The number of fused-ring (bicyclic) bond motifs is 1. The Morgan fingerprint density at radius 1 is 1.44 bits per heavy atom. The molecule has 1 aliphatic rings. The highest BCUT2D eigenvalue weighted by molar-refractivity contribution is 5.29. The molecule has 1 aromatic rings. The molecular weight excluding hydrogens is 196 g/mol. The molecule has 1 aromatic heterocycles. The van der Waals surface area contributed by atoms with Gasteiger partial charge in [0.1, 0.15) is 5.82 Å². The van der Waals surface area contributed by atoms with E-state index in [1.165, 1.54) is 17.2 Å². The van der Waals surface area contributed by atoms with Gasteiger partial charge in [-0.25, -0.2) is 4.98 Å². The first-order valence-corrected chi connectivity index (χ1v) is 6.11. The molecule has 0 aliphatic heterocycles. The highest BCUT2D eigenvalue weighted by atomic mass is 15.1. The Bertz CT molecular complexity index is 424. The van der Waals surface area contributed by atoms with Gasteiger partial charge in [-0.05, 0) is 6.42 Å². The summed E-state index contributed by atoms with van der Waals surface area (Å²) in [5, 5.41) is 0. The maximum absolute atomic E-state index is 4.80. The molecule has 0 aromatic carbocycles. The summed E-state index contributed by atoms with van der Waals surface area (Å²) in [7, 11) is 2.14. The van der Waals surface area contributed by atoms with Crippen LogP contribution in [0.25, 0.3) is 0 Å². The molecule has 1 unspecified atom stereocenters. The fraction of sp³-hybridized carbons (Fsp3) is 0.500. The molecule has 2 nitrogen and oxygen atoms in total. The zero-order valence-corrected chi connectivity index (χ0v) is 10.4. The minimum atomic E-state index is 0.428. The predicted octanol–water partition coefficient (Wildman–Crippen LogP) is 3.14. The molecule has 86 valence electrons. The van der Waals surface area contributed by atoms with Gasteiger partial charge in [0.05, 0.1) is 5.69 Å². The quantitative estimate of drug-likeness (QED) is 0.742. The van der Waals surface area contributed by atoms with Crippen molar-refractivity contribution in [3.8, 4) is 0 Å². The molecule has 1 heterocycles. The molecule has 2 heteroatoms. The number of aromatic nitrogens is 2. The molecule has 0 radical (unpaired) electrons. The first-order chi connectivity index (χ1) is 7.74. The van der Waals surface area contributed by atoms with Gasteiger partial charge >= 0.3 is 0 Å². The molecule has 0 amide bonds. The summed E-state index contributed by atoms with van der Waals surface area (Å²) in [4.78, 5) is 4.80. The van der Waals surface area contributed by atoms with E-state index < -0.39 is 0 Å². The fourth-order valence-corrected chi connectivity index (χ4v) is 2.24. The lowest BCUT2D eigenvalue weighted by molar-refractivity contribution is 0.737. The normalized spacial score (nSPS) is 23.3. The van der Waals surface area contributed by atoms with E-state index >= 15 is 0 Å². The number of allylic oxidation sites excluding steroid dienone is 4. The Kier molecular flexibility index (Phi) is 3.28. The molecule has 1 atom stereocenters. The summed E-state index contributed by atoms with van der Waals surface area (Å²) in [6, 6.07) is 0. The summed E-state index contributed by atoms with van der Waals surface area (Å²) in [5.74, 6) is 1.65. The SMILES string of the molecule is CCCc1nc2c(n1C)C/C=C\C=C/C2C. The van der Waals surface area contributed by atoms with Gasteiger partial charge in [-0.15, -0.1) is 0 Å². The predicted molar refractivity (Wildman–Crippen MR) is 67.6 cm³/mol. The van der Waals surface area contributed by atoms with Crippen LogP contribution < -0.4 is 0 Å². The summed E-state index contributed by atoms with van der Waals surface area (Å²) in [5.41, 5.74) is 2.63. The van der Waals surface area contributed by atoms with Crippen LogP contribution in [0.1, 0.15) is 43.4 Å². The third kappa shape index (κ3) is 1.97. The molecule has 0 saturated heterocycles. The van der Waals surface area contributed by atoms with Gasteiger partial charge < -0.3 is 4.57 Å². The Morgan fingerprint density at radius 3 is 3.00 bits per heavy atom. The number of nitrogens with zero attached hydrogens (tertiary/aromatic N) is 2. The van der Waals surface area contributed by atoms with Crippen LogP contribution in [0, 0.1) is 0 Å². The molecular formula is C14H20N2. The molecule has 0 spiro atoms. The van der Waals surface area contributed by atoms with E-state index in [1.54, 1.807) is 0 Å². The maximum atomic E-state index is 4.80. The zero-order chi connectivity index (χ0) is 11.5. The number of aryl methyl sites for hydroxylation is 1. The van der Waals surface area contributed by atoms with Crippen LogP contribution in [0.4, 0.5) is 0 Å². The van der Waals surface area contributed by atoms with Gasteiger partial charge in [-0.3, -0.25) is 0 Å². The van der Waals surface area contributed by atoms with E-state index in [4.69, 9.17) is 4.98 Å². The van der Waals surface area contributed by atoms with E-state index in [-0.39, 0.29) is 0 Å². The van der Waals surface area contributed by atoms with Crippen molar-refractivity contribution < 1.29 is 0 Å². The van der Waals surface area contributed by atoms with Gasteiger partial charge in [-0.1, -0.05) is 38.2 Å². The fourth-order valence-electron chi connectivity index (χ4n) is 2.24. The lowest BCUT2D eigenvalue weighted by Gasteiger charge is -2.09. The van der Waals surface area contributed by atoms with Gasteiger partial charge in [0, 0.05) is 31.5 Å². The van der Waals surface area contributed by atoms with E-state index in [9.17, 15) is 0 Å². The van der Waals surface area contributed by atoms with E-state index in [1.807, 2.05) is 0 Å². The lowest BCUT2D eigenvalue weighted by Crippen LogP contribution is -2.03. The molecule has 0 N–H and O–H groups in total. The smallest absolute Gasteiger partial charge is 0.108 e. The molecule has 2 rings (SSSR count). The van der Waals surface area contributed by atoms with Crippen molar-refractivity contribution in [2.75, 3.05) is 0 Å². The largest absolute Gasteiger partial charge is 0.335 e. The Hall–Kier alpha value is -1.31. The standard InChI is InChI=1S/C14H20N2/c1-4-8-13-15-14-11(2)9-6-5-7-10-12(14)16(13)3/h5-7,9,11H,4,8,10H2,1-3H3/b7-5-,9-6-. The van der Waals surface area contributed by atoms with Gasteiger partial charge in [0.15, 0.2) is 0 Å². The second kappa shape index (κ2) is 4.69. The summed E-state index contributed by atoms with van der Waals surface area (Å²) >= 11 is 0. The molecule has 0 saturated carbocycles. The van der Waals surface area contributed by atoms with Crippen LogP contribution in [-0.4, -0.2) is 9.55 Å². The van der Waals surface area contributed by atoms with Crippen molar-refractivity contribution in [3.63, 3.8) is 0 Å². The van der Waals surface area contributed by atoms with Crippen molar-refractivity contribution >= 4 is 0 Å². The molecule has 16 heavy (non-hydrogen) atoms. The van der Waals surface area contributed by atoms with E-state index in [0.717, 1.165) is 19.3 Å². The maximum Gasteiger partial charge on any atom is 0.108 e. The number of hydrogen-bond donors (Lipinski definition) is 0. The minimum absolute atomic E-state index is 0.428. The van der Waals surface area contributed by atoms with Crippen LogP contribution in [0.15, 0.2) is 24.3 Å². The van der Waals surface area contributed by atoms with Crippen LogP contribution in [0.2, 0.25) is 0 Å². The van der Waals surface area contributed by atoms with Crippen LogP contribution in [0.5, 0.6) is 0 Å². The Labute approximate surface area is 97.7 Å². The summed E-state index contributed by atoms with van der Waals surface area (Å²) in [6.45, 7) is 4.42. The average molecular weight is 216 g/mol.